The molecule has 0 bridgehead atoms. The number of fused-ring (bicyclic) bond motifs is 1. The van der Waals surface area contributed by atoms with Crippen molar-refractivity contribution in [3.8, 4) is 0 Å². The Morgan fingerprint density at radius 2 is 1.96 bits per heavy atom. The maximum Gasteiger partial charge on any atom is 0.243 e. The molecule has 1 fully saturated rings. The van der Waals surface area contributed by atoms with Gasteiger partial charge in [-0.25, -0.2) is 13.4 Å². The molecule has 0 atom stereocenters. The number of benzene rings is 1. The van der Waals surface area contributed by atoms with E-state index in [9.17, 15) is 13.2 Å². The third-order valence-electron chi connectivity index (χ3n) is 4.30. The zero-order valence-corrected chi connectivity index (χ0v) is 16.9. The van der Waals surface area contributed by atoms with Crippen molar-refractivity contribution in [2.24, 2.45) is 5.92 Å². The smallest absolute Gasteiger partial charge is 0.243 e. The molecule has 0 unspecified atom stereocenters. The standard InChI is InChI=1S/C17H24N4O3S2/c1-12(2)10-16(22)19-17-18-14-5-4-13(11-15(14)25-17)26(23,24)21-8-6-20(3)7-9-21/h4-5,11-12H,6-10H2,1-3H3,(H,18,19,22). The molecule has 1 aromatic carbocycles. The van der Waals surface area contributed by atoms with Crippen molar-refractivity contribution >= 4 is 42.6 Å². The lowest BCUT2D eigenvalue weighted by Gasteiger charge is -2.31. The van der Waals surface area contributed by atoms with Crippen molar-refractivity contribution in [2.45, 2.75) is 25.2 Å². The highest BCUT2D eigenvalue weighted by Gasteiger charge is 2.27. The number of sulfonamides is 1. The fourth-order valence-corrected chi connectivity index (χ4v) is 5.28. The van der Waals surface area contributed by atoms with Gasteiger partial charge in [-0.3, -0.25) is 4.79 Å². The van der Waals surface area contributed by atoms with Crippen LogP contribution in [0.1, 0.15) is 20.3 Å². The highest BCUT2D eigenvalue weighted by molar-refractivity contribution is 7.89. The fourth-order valence-electron chi connectivity index (χ4n) is 2.84. The van der Waals surface area contributed by atoms with Gasteiger partial charge >= 0.3 is 0 Å². The first-order chi connectivity index (χ1) is 12.3. The SMILES string of the molecule is CC(C)CC(=O)Nc1nc2ccc(S(=O)(=O)N3CCN(C)CC3)cc2s1. The molecule has 1 N–H and O–H groups in total. The van der Waals surface area contributed by atoms with E-state index in [1.54, 1.807) is 18.2 Å². The molecule has 26 heavy (non-hydrogen) atoms. The molecule has 1 aliphatic heterocycles. The molecular weight excluding hydrogens is 372 g/mol. The van der Waals surface area contributed by atoms with Crippen molar-refractivity contribution in [3.63, 3.8) is 0 Å². The Morgan fingerprint density at radius 1 is 1.27 bits per heavy atom. The Morgan fingerprint density at radius 3 is 2.62 bits per heavy atom. The number of nitrogens with zero attached hydrogens (tertiary/aromatic N) is 3. The Labute approximate surface area is 158 Å². The second-order valence-electron chi connectivity index (χ2n) is 7.00. The first-order valence-corrected chi connectivity index (χ1v) is 10.9. The fraction of sp³-hybridized carbons (Fsp3) is 0.529. The van der Waals surface area contributed by atoms with Gasteiger partial charge in [0.1, 0.15) is 0 Å². The molecule has 9 heteroatoms. The summed E-state index contributed by atoms with van der Waals surface area (Å²) in [4.78, 5) is 18.7. The number of aromatic nitrogens is 1. The number of amides is 1. The van der Waals surface area contributed by atoms with Crippen LogP contribution in [0.25, 0.3) is 10.2 Å². The Hall–Kier alpha value is -1.55. The van der Waals surface area contributed by atoms with E-state index in [4.69, 9.17) is 0 Å². The summed E-state index contributed by atoms with van der Waals surface area (Å²) < 4.78 is 28.0. The van der Waals surface area contributed by atoms with E-state index in [0.717, 1.165) is 17.8 Å². The van der Waals surface area contributed by atoms with Gasteiger partial charge in [0.15, 0.2) is 5.13 Å². The van der Waals surface area contributed by atoms with Crippen molar-refractivity contribution < 1.29 is 13.2 Å². The van der Waals surface area contributed by atoms with E-state index >= 15 is 0 Å². The highest BCUT2D eigenvalue weighted by atomic mass is 32.2. The van der Waals surface area contributed by atoms with Gasteiger partial charge in [-0.2, -0.15) is 4.31 Å². The van der Waals surface area contributed by atoms with Crippen LogP contribution in [-0.2, 0) is 14.8 Å². The zero-order chi connectivity index (χ0) is 18.9. The van der Waals surface area contributed by atoms with Gasteiger partial charge in [-0.1, -0.05) is 25.2 Å². The first-order valence-electron chi connectivity index (χ1n) is 8.65. The van der Waals surface area contributed by atoms with Crippen LogP contribution in [0.15, 0.2) is 23.1 Å². The summed E-state index contributed by atoms with van der Waals surface area (Å²) in [7, 11) is -1.52. The summed E-state index contributed by atoms with van der Waals surface area (Å²) in [6, 6.07) is 4.95. The van der Waals surface area contributed by atoms with E-state index in [-0.39, 0.29) is 16.7 Å². The van der Waals surface area contributed by atoms with Crippen LogP contribution in [0.5, 0.6) is 0 Å². The summed E-state index contributed by atoms with van der Waals surface area (Å²) in [5, 5.41) is 3.29. The molecule has 0 saturated carbocycles. The average molecular weight is 397 g/mol. The summed E-state index contributed by atoms with van der Waals surface area (Å²) in [5.41, 5.74) is 0.687. The molecule has 1 aromatic heterocycles. The molecule has 1 saturated heterocycles. The summed E-state index contributed by atoms with van der Waals surface area (Å²) in [6.07, 6.45) is 0.430. The van der Waals surface area contributed by atoms with Crippen LogP contribution in [0.4, 0.5) is 5.13 Å². The number of anilines is 1. The molecule has 0 aliphatic carbocycles. The number of nitrogens with one attached hydrogen (secondary N) is 1. The molecule has 2 aromatic rings. The summed E-state index contributed by atoms with van der Waals surface area (Å²) >= 11 is 1.30. The van der Waals surface area contributed by atoms with E-state index in [1.165, 1.54) is 15.6 Å². The van der Waals surface area contributed by atoms with Crippen LogP contribution < -0.4 is 5.32 Å². The predicted octanol–water partition coefficient (Wildman–Crippen LogP) is 2.22. The predicted molar refractivity (Wildman–Crippen MR) is 104 cm³/mol. The van der Waals surface area contributed by atoms with Crippen LogP contribution in [0.3, 0.4) is 0 Å². The molecular formula is C17H24N4O3S2. The van der Waals surface area contributed by atoms with Gasteiger partial charge in [0.05, 0.1) is 15.1 Å². The largest absolute Gasteiger partial charge is 0.304 e. The van der Waals surface area contributed by atoms with Crippen molar-refractivity contribution in [2.75, 3.05) is 38.5 Å². The van der Waals surface area contributed by atoms with Gasteiger partial charge in [0, 0.05) is 32.6 Å². The maximum absolute atomic E-state index is 12.9. The van der Waals surface area contributed by atoms with Crippen molar-refractivity contribution in [3.05, 3.63) is 18.2 Å². The van der Waals surface area contributed by atoms with E-state index in [0.29, 0.717) is 30.2 Å². The van der Waals surface area contributed by atoms with Gasteiger partial charge < -0.3 is 10.2 Å². The molecule has 0 spiro atoms. The van der Waals surface area contributed by atoms with Gasteiger partial charge in [0.25, 0.3) is 0 Å². The van der Waals surface area contributed by atoms with Crippen molar-refractivity contribution in [1.29, 1.82) is 0 Å². The lowest BCUT2D eigenvalue weighted by molar-refractivity contribution is -0.116. The normalized spacial score (nSPS) is 17.1. The Balaban J connectivity index is 1.81. The Bertz CT molecular complexity index is 900. The number of rotatable bonds is 5. The lowest BCUT2D eigenvalue weighted by Crippen LogP contribution is -2.46. The van der Waals surface area contributed by atoms with Gasteiger partial charge in [0.2, 0.25) is 15.9 Å². The second-order valence-corrected chi connectivity index (χ2v) is 9.97. The third-order valence-corrected chi connectivity index (χ3v) is 7.13. The number of thiazole rings is 1. The molecule has 0 radical (unpaired) electrons. The zero-order valence-electron chi connectivity index (χ0n) is 15.2. The van der Waals surface area contributed by atoms with Crippen molar-refractivity contribution in [1.82, 2.24) is 14.2 Å². The van der Waals surface area contributed by atoms with E-state index < -0.39 is 10.0 Å². The molecule has 3 rings (SSSR count). The van der Waals surface area contributed by atoms with E-state index in [2.05, 4.69) is 15.2 Å². The average Bonchev–Trinajstić information content (AvgIpc) is 2.95. The first kappa shape index (κ1) is 19.2. The quantitative estimate of drug-likeness (QED) is 0.838. The topological polar surface area (TPSA) is 82.6 Å². The highest BCUT2D eigenvalue weighted by Crippen LogP contribution is 2.29. The van der Waals surface area contributed by atoms with Crippen LogP contribution in [-0.4, -0.2) is 61.7 Å². The summed E-state index contributed by atoms with van der Waals surface area (Å²) in [5.74, 6) is 0.189. The van der Waals surface area contributed by atoms with Gasteiger partial charge in [-0.15, -0.1) is 0 Å². The third kappa shape index (κ3) is 4.22. The number of piperazine rings is 1. The van der Waals surface area contributed by atoms with E-state index in [1.807, 2.05) is 20.9 Å². The summed E-state index contributed by atoms with van der Waals surface area (Å²) in [6.45, 7) is 6.41. The molecule has 1 amide bonds. The minimum absolute atomic E-state index is 0.0793. The molecule has 1 aliphatic rings. The molecule has 2 heterocycles. The van der Waals surface area contributed by atoms with Crippen LogP contribution >= 0.6 is 11.3 Å². The van der Waals surface area contributed by atoms with Crippen LogP contribution in [0.2, 0.25) is 0 Å². The molecule has 142 valence electrons. The minimum atomic E-state index is -3.51. The molecule has 7 nitrogen and oxygen atoms in total. The second kappa shape index (κ2) is 7.59. The number of hydrogen-bond donors (Lipinski definition) is 1. The number of carbonyl (C=O) groups excluding carboxylic acids is 1. The van der Waals surface area contributed by atoms with Gasteiger partial charge in [-0.05, 0) is 31.2 Å². The lowest BCUT2D eigenvalue weighted by atomic mass is 10.1. The van der Waals surface area contributed by atoms with Crippen LogP contribution in [0, 0.1) is 5.92 Å². The maximum atomic E-state index is 12.9. The number of likely N-dealkylation sites (N-methyl/N-ethyl adjacent to an activating group) is 1. The minimum Gasteiger partial charge on any atom is -0.304 e. The number of hydrogen-bond acceptors (Lipinski definition) is 6. The monoisotopic (exact) mass is 396 g/mol. The Kier molecular flexibility index (Phi) is 5.61. The number of carbonyl (C=O) groups is 1.